The third-order valence-electron chi connectivity index (χ3n) is 4.52. The highest BCUT2D eigenvalue weighted by Gasteiger charge is 2.14. The van der Waals surface area contributed by atoms with Crippen molar-refractivity contribution in [3.05, 3.63) is 93.6 Å². The minimum absolute atomic E-state index is 0.168. The first-order chi connectivity index (χ1) is 13.0. The minimum Gasteiger partial charge on any atom is -0.489 e. The maximum atomic E-state index is 12.6. The smallest absolute Gasteiger partial charge is 0.258 e. The molecule has 0 atom stereocenters. The fourth-order valence-corrected chi connectivity index (χ4v) is 2.90. The third-order valence-corrected chi connectivity index (χ3v) is 4.52. The van der Waals surface area contributed by atoms with Crippen LogP contribution < -0.4 is 15.6 Å². The van der Waals surface area contributed by atoms with Crippen molar-refractivity contribution in [3.8, 4) is 5.75 Å². The number of nitrogens with zero attached hydrogens (tertiary/aromatic N) is 1. The van der Waals surface area contributed by atoms with E-state index >= 15 is 0 Å². The van der Waals surface area contributed by atoms with E-state index in [1.54, 1.807) is 29.0 Å². The van der Waals surface area contributed by atoms with Gasteiger partial charge in [0.05, 0.1) is 18.3 Å². The first-order valence-electron chi connectivity index (χ1n) is 8.88. The summed E-state index contributed by atoms with van der Waals surface area (Å²) in [6.07, 6.45) is 7.07. The second kappa shape index (κ2) is 8.01. The molecule has 0 saturated heterocycles. The van der Waals surface area contributed by atoms with E-state index in [1.807, 2.05) is 50.5 Å². The van der Waals surface area contributed by atoms with E-state index in [9.17, 15) is 4.79 Å². The van der Waals surface area contributed by atoms with Gasteiger partial charge >= 0.3 is 0 Å². The van der Waals surface area contributed by atoms with E-state index in [0.29, 0.717) is 18.1 Å². The minimum atomic E-state index is -0.168. The largest absolute Gasteiger partial charge is 0.489 e. The van der Waals surface area contributed by atoms with Gasteiger partial charge in [0, 0.05) is 24.9 Å². The Hall–Kier alpha value is -3.18. The van der Waals surface area contributed by atoms with Crippen LogP contribution in [0.25, 0.3) is 5.70 Å². The fraction of sp³-hybridized carbons (Fsp3) is 0.182. The first-order valence-corrected chi connectivity index (χ1v) is 8.88. The molecule has 5 nitrogen and oxygen atoms in total. The summed E-state index contributed by atoms with van der Waals surface area (Å²) >= 11 is 0. The second-order valence-electron chi connectivity index (χ2n) is 6.55. The van der Waals surface area contributed by atoms with Crippen LogP contribution in [0, 0.1) is 12.3 Å². The van der Waals surface area contributed by atoms with Crippen LogP contribution in [0.15, 0.2) is 76.9 Å². The normalized spacial score (nSPS) is 15.5. The van der Waals surface area contributed by atoms with Gasteiger partial charge in [0.25, 0.3) is 5.56 Å². The van der Waals surface area contributed by atoms with Crippen LogP contribution >= 0.6 is 0 Å². The van der Waals surface area contributed by atoms with Crippen LogP contribution in [0.2, 0.25) is 0 Å². The van der Waals surface area contributed by atoms with E-state index in [0.717, 1.165) is 22.5 Å². The standard InChI is InChI=1S/C22H23N3O2/c1-15-5-4-6-17(11-15)14-27-19-9-10-25(22(26)13-19)18-7-8-21(23)20(12-18)16(2)24-3/h4-13,23-24H,14H2,1-3H3/p+1/b20-16-,23-21?. The van der Waals surface area contributed by atoms with Crippen LogP contribution in [-0.4, -0.2) is 17.3 Å². The number of quaternary nitrogens is 1. The van der Waals surface area contributed by atoms with Gasteiger partial charge in [-0.2, -0.15) is 0 Å². The average Bonchev–Trinajstić information content (AvgIpc) is 2.66. The maximum Gasteiger partial charge on any atom is 0.258 e. The van der Waals surface area contributed by atoms with Crippen LogP contribution in [0.3, 0.4) is 0 Å². The highest BCUT2D eigenvalue weighted by molar-refractivity contribution is 6.12. The molecule has 0 saturated carbocycles. The predicted octanol–water partition coefficient (Wildman–Crippen LogP) is 2.63. The lowest BCUT2D eigenvalue weighted by molar-refractivity contribution is -0.576. The third kappa shape index (κ3) is 4.33. The van der Waals surface area contributed by atoms with Crippen molar-refractivity contribution < 1.29 is 10.1 Å². The molecule has 5 heteroatoms. The molecule has 3 N–H and O–H groups in total. The number of benzene rings is 1. The van der Waals surface area contributed by atoms with E-state index < -0.39 is 0 Å². The summed E-state index contributed by atoms with van der Waals surface area (Å²) in [6.45, 7) is 4.42. The molecule has 0 radical (unpaired) electrons. The zero-order valence-corrected chi connectivity index (χ0v) is 15.8. The van der Waals surface area contributed by atoms with Crippen molar-refractivity contribution in [2.45, 2.75) is 20.5 Å². The lowest BCUT2D eigenvalue weighted by Crippen LogP contribution is -2.77. The van der Waals surface area contributed by atoms with Crippen LogP contribution in [-0.2, 0) is 6.61 Å². The molecule has 138 valence electrons. The van der Waals surface area contributed by atoms with Gasteiger partial charge in [-0.1, -0.05) is 29.8 Å². The summed E-state index contributed by atoms with van der Waals surface area (Å²) in [5.74, 6) is 0.541. The Bertz CT molecular complexity index is 1030. The molecule has 1 aromatic carbocycles. The van der Waals surface area contributed by atoms with Crippen molar-refractivity contribution in [3.63, 3.8) is 0 Å². The lowest BCUT2D eigenvalue weighted by Gasteiger charge is -2.14. The van der Waals surface area contributed by atoms with Crippen LogP contribution in [0.5, 0.6) is 5.75 Å². The summed E-state index contributed by atoms with van der Waals surface area (Å²) in [4.78, 5) is 12.6. The summed E-state index contributed by atoms with van der Waals surface area (Å²) in [6, 6.07) is 11.4. The van der Waals surface area contributed by atoms with Crippen LogP contribution in [0.1, 0.15) is 18.1 Å². The average molecular weight is 362 g/mol. The van der Waals surface area contributed by atoms with Crippen LogP contribution in [0.4, 0.5) is 0 Å². The zero-order chi connectivity index (χ0) is 19.4. The zero-order valence-electron chi connectivity index (χ0n) is 15.8. The first kappa shape index (κ1) is 18.6. The van der Waals surface area contributed by atoms with Gasteiger partial charge in [-0.05, 0) is 36.8 Å². The number of nitrogens with two attached hydrogens (primary N) is 1. The molecule has 0 aliphatic heterocycles. The lowest BCUT2D eigenvalue weighted by atomic mass is 10.0. The number of nitrogens with one attached hydrogen (secondary N) is 1. The number of ether oxygens (including phenoxy) is 1. The molecular weight excluding hydrogens is 338 g/mol. The molecule has 1 heterocycles. The number of allylic oxidation sites excluding steroid dienone is 6. The Morgan fingerprint density at radius 1 is 1.22 bits per heavy atom. The van der Waals surface area contributed by atoms with Crippen molar-refractivity contribution in [1.82, 2.24) is 4.57 Å². The molecule has 1 aliphatic rings. The molecule has 3 rings (SSSR count). The molecule has 0 spiro atoms. The number of rotatable bonds is 5. The Labute approximate surface area is 158 Å². The van der Waals surface area contributed by atoms with Gasteiger partial charge < -0.3 is 15.5 Å². The van der Waals surface area contributed by atoms with Gasteiger partial charge in [-0.3, -0.25) is 9.36 Å². The summed E-state index contributed by atoms with van der Waals surface area (Å²) < 4.78 is 7.33. The van der Waals surface area contributed by atoms with Crippen molar-refractivity contribution in [2.24, 2.45) is 0 Å². The number of aromatic nitrogens is 1. The quantitative estimate of drug-likeness (QED) is 0.858. The van der Waals surface area contributed by atoms with Gasteiger partial charge in [0.1, 0.15) is 18.1 Å². The SMILES string of the molecule is C[NH2+]/C(C)=C1/C=C(n2ccc(OCc3cccc(C)c3)cc2=O)C=CC1=N. The van der Waals surface area contributed by atoms with Gasteiger partial charge in [0.2, 0.25) is 0 Å². The Morgan fingerprint density at radius 2 is 2.04 bits per heavy atom. The van der Waals surface area contributed by atoms with Crippen molar-refractivity contribution in [1.29, 1.82) is 5.41 Å². The predicted molar refractivity (Wildman–Crippen MR) is 108 cm³/mol. The van der Waals surface area contributed by atoms with Crippen molar-refractivity contribution in [2.75, 3.05) is 7.05 Å². The Morgan fingerprint density at radius 3 is 2.74 bits per heavy atom. The molecule has 27 heavy (non-hydrogen) atoms. The second-order valence-corrected chi connectivity index (χ2v) is 6.55. The molecule has 1 aromatic heterocycles. The van der Waals surface area contributed by atoms with Gasteiger partial charge in [-0.15, -0.1) is 0 Å². The van der Waals surface area contributed by atoms with Crippen molar-refractivity contribution >= 4 is 11.4 Å². The molecule has 0 amide bonds. The number of aryl methyl sites for hydroxylation is 1. The van der Waals surface area contributed by atoms with E-state index in [4.69, 9.17) is 10.1 Å². The summed E-state index contributed by atoms with van der Waals surface area (Å²) in [5, 5.41) is 10.0. The number of hydrogen-bond acceptors (Lipinski definition) is 3. The highest BCUT2D eigenvalue weighted by Crippen LogP contribution is 2.19. The molecular formula is C22H24N3O2+. The van der Waals surface area contributed by atoms with Gasteiger partial charge in [0.15, 0.2) is 0 Å². The van der Waals surface area contributed by atoms with E-state index in [-0.39, 0.29) is 5.56 Å². The number of pyridine rings is 1. The van der Waals surface area contributed by atoms with E-state index in [2.05, 4.69) is 6.07 Å². The Balaban J connectivity index is 1.82. The topological polar surface area (TPSA) is 71.7 Å². The van der Waals surface area contributed by atoms with Gasteiger partial charge in [-0.25, -0.2) is 0 Å². The maximum absolute atomic E-state index is 12.6. The molecule has 1 aliphatic carbocycles. The molecule has 0 unspecified atom stereocenters. The Kier molecular flexibility index (Phi) is 5.52. The van der Waals surface area contributed by atoms with E-state index in [1.165, 1.54) is 11.6 Å². The summed E-state index contributed by atoms with van der Waals surface area (Å²) in [7, 11) is 1.94. The highest BCUT2D eigenvalue weighted by atomic mass is 16.5. The molecule has 0 fully saturated rings. The fourth-order valence-electron chi connectivity index (χ4n) is 2.90. The number of hydrogen-bond donors (Lipinski definition) is 2. The summed E-state index contributed by atoms with van der Waals surface area (Å²) in [5.41, 5.74) is 5.08. The monoisotopic (exact) mass is 362 g/mol. The molecule has 0 bridgehead atoms. The molecule has 2 aromatic rings.